The fraction of sp³-hybridized carbons (Fsp3) is 0.375. The van der Waals surface area contributed by atoms with Crippen molar-refractivity contribution in [2.45, 2.75) is 25.6 Å². The van der Waals surface area contributed by atoms with Gasteiger partial charge in [-0.2, -0.15) is 0 Å². The van der Waals surface area contributed by atoms with Crippen LogP contribution in [0.25, 0.3) is 10.8 Å². The lowest BCUT2D eigenvalue weighted by molar-refractivity contribution is 0.136. The summed E-state index contributed by atoms with van der Waals surface area (Å²) >= 11 is 0. The van der Waals surface area contributed by atoms with Crippen LogP contribution in [0.15, 0.2) is 36.4 Å². The average Bonchev–Trinajstić information content (AvgIpc) is 2.92. The van der Waals surface area contributed by atoms with Crippen LogP contribution in [0.4, 0.5) is 0 Å². The first kappa shape index (κ1) is 12.5. The second-order valence-electron chi connectivity index (χ2n) is 4.98. The number of hydrogen-bond donors (Lipinski definition) is 1. The third kappa shape index (κ3) is 2.44. The summed E-state index contributed by atoms with van der Waals surface area (Å²) in [5.41, 5.74) is 0.839. The Labute approximate surface area is 112 Å². The highest BCUT2D eigenvalue weighted by atomic mass is 16.5. The molecule has 2 unspecified atom stereocenters. The summed E-state index contributed by atoms with van der Waals surface area (Å²) in [5, 5.41) is 12.1. The van der Waals surface area contributed by atoms with E-state index in [4.69, 9.17) is 9.47 Å². The second-order valence-corrected chi connectivity index (χ2v) is 4.98. The Morgan fingerprint density at radius 3 is 2.84 bits per heavy atom. The fourth-order valence-corrected chi connectivity index (χ4v) is 2.49. The first-order chi connectivity index (χ1) is 9.25. The van der Waals surface area contributed by atoms with Gasteiger partial charge < -0.3 is 14.6 Å². The van der Waals surface area contributed by atoms with Crippen molar-refractivity contribution in [2.24, 2.45) is 0 Å². The van der Waals surface area contributed by atoms with Gasteiger partial charge in [-0.15, -0.1) is 0 Å². The van der Waals surface area contributed by atoms with Crippen LogP contribution in [0.1, 0.15) is 25.0 Å². The molecule has 0 radical (unpaired) electrons. The summed E-state index contributed by atoms with van der Waals surface area (Å²) in [4.78, 5) is 0. The molecule has 0 bridgehead atoms. The minimum atomic E-state index is -0.540. The van der Waals surface area contributed by atoms with Crippen LogP contribution in [-0.2, 0) is 4.74 Å². The lowest BCUT2D eigenvalue weighted by Gasteiger charge is -2.19. The molecule has 1 N–H and O–H groups in total. The van der Waals surface area contributed by atoms with Crippen LogP contribution >= 0.6 is 0 Å². The van der Waals surface area contributed by atoms with E-state index in [-0.39, 0.29) is 6.10 Å². The second kappa shape index (κ2) is 5.19. The van der Waals surface area contributed by atoms with Gasteiger partial charge in [0.2, 0.25) is 0 Å². The van der Waals surface area contributed by atoms with Gasteiger partial charge in [-0.1, -0.05) is 36.4 Å². The summed E-state index contributed by atoms with van der Waals surface area (Å²) in [7, 11) is 0. The van der Waals surface area contributed by atoms with Crippen molar-refractivity contribution in [3.05, 3.63) is 42.0 Å². The SMILES string of the molecule is CC(O)c1ccc2ccccc2c1OC1CCOC1. The van der Waals surface area contributed by atoms with E-state index in [9.17, 15) is 5.11 Å². The normalized spacial score (nSPS) is 20.6. The Bertz CT molecular complexity index is 571. The molecule has 2 aromatic rings. The van der Waals surface area contributed by atoms with E-state index < -0.39 is 6.10 Å². The summed E-state index contributed by atoms with van der Waals surface area (Å²) in [6.45, 7) is 3.14. The monoisotopic (exact) mass is 258 g/mol. The molecule has 1 heterocycles. The van der Waals surface area contributed by atoms with Gasteiger partial charge in [0.15, 0.2) is 0 Å². The van der Waals surface area contributed by atoms with Crippen LogP contribution in [0.5, 0.6) is 5.75 Å². The van der Waals surface area contributed by atoms with Crippen LogP contribution in [-0.4, -0.2) is 24.4 Å². The third-order valence-electron chi connectivity index (χ3n) is 3.53. The van der Waals surface area contributed by atoms with Gasteiger partial charge in [0.25, 0.3) is 0 Å². The van der Waals surface area contributed by atoms with E-state index in [0.29, 0.717) is 6.61 Å². The average molecular weight is 258 g/mol. The summed E-state index contributed by atoms with van der Waals surface area (Å²) < 4.78 is 11.5. The van der Waals surface area contributed by atoms with Gasteiger partial charge in [-0.25, -0.2) is 0 Å². The first-order valence-electron chi connectivity index (χ1n) is 6.70. The molecule has 0 spiro atoms. The molecule has 0 saturated carbocycles. The van der Waals surface area contributed by atoms with Gasteiger partial charge >= 0.3 is 0 Å². The van der Waals surface area contributed by atoms with Crippen LogP contribution in [0.2, 0.25) is 0 Å². The highest BCUT2D eigenvalue weighted by Gasteiger charge is 2.21. The number of fused-ring (bicyclic) bond motifs is 1. The van der Waals surface area contributed by atoms with Gasteiger partial charge in [-0.3, -0.25) is 0 Å². The maximum Gasteiger partial charge on any atom is 0.133 e. The molecule has 19 heavy (non-hydrogen) atoms. The van der Waals surface area contributed by atoms with Crippen molar-refractivity contribution in [3.8, 4) is 5.75 Å². The number of aliphatic hydroxyl groups is 1. The van der Waals surface area contributed by atoms with E-state index in [2.05, 4.69) is 6.07 Å². The quantitative estimate of drug-likeness (QED) is 0.919. The largest absolute Gasteiger partial charge is 0.487 e. The molecule has 0 amide bonds. The molecular formula is C16H18O3. The van der Waals surface area contributed by atoms with Crippen molar-refractivity contribution in [3.63, 3.8) is 0 Å². The molecule has 1 aliphatic heterocycles. The first-order valence-corrected chi connectivity index (χ1v) is 6.70. The van der Waals surface area contributed by atoms with Gasteiger partial charge in [0.05, 0.1) is 19.3 Å². The zero-order valence-corrected chi connectivity index (χ0v) is 11.0. The van der Waals surface area contributed by atoms with E-state index in [1.54, 1.807) is 6.92 Å². The van der Waals surface area contributed by atoms with Crippen LogP contribution in [0, 0.1) is 0 Å². The predicted octanol–water partition coefficient (Wildman–Crippen LogP) is 3.06. The number of rotatable bonds is 3. The Hall–Kier alpha value is -1.58. The van der Waals surface area contributed by atoms with Crippen molar-refractivity contribution in [2.75, 3.05) is 13.2 Å². The molecule has 3 rings (SSSR count). The fourth-order valence-electron chi connectivity index (χ4n) is 2.49. The molecule has 3 heteroatoms. The standard InChI is InChI=1S/C16H18O3/c1-11(17)14-7-6-12-4-2-3-5-15(12)16(14)19-13-8-9-18-10-13/h2-7,11,13,17H,8-10H2,1H3. The molecular weight excluding hydrogens is 240 g/mol. The van der Waals surface area contributed by atoms with E-state index in [0.717, 1.165) is 35.1 Å². The lowest BCUT2D eigenvalue weighted by Crippen LogP contribution is -2.17. The topological polar surface area (TPSA) is 38.7 Å². The summed E-state index contributed by atoms with van der Waals surface area (Å²) in [6.07, 6.45) is 0.452. The number of hydrogen-bond acceptors (Lipinski definition) is 3. The summed E-state index contributed by atoms with van der Waals surface area (Å²) in [6, 6.07) is 12.1. The zero-order chi connectivity index (χ0) is 13.2. The predicted molar refractivity (Wildman–Crippen MR) is 74.4 cm³/mol. The van der Waals surface area contributed by atoms with E-state index in [1.165, 1.54) is 0 Å². The minimum absolute atomic E-state index is 0.0864. The molecule has 1 saturated heterocycles. The van der Waals surface area contributed by atoms with E-state index in [1.807, 2.05) is 30.3 Å². The van der Waals surface area contributed by atoms with Crippen molar-refractivity contribution in [1.82, 2.24) is 0 Å². The molecule has 0 aromatic heterocycles. The molecule has 2 atom stereocenters. The Kier molecular flexibility index (Phi) is 3.40. The molecule has 1 aliphatic rings. The van der Waals surface area contributed by atoms with Gasteiger partial charge in [0.1, 0.15) is 11.9 Å². The zero-order valence-electron chi connectivity index (χ0n) is 11.0. The Balaban J connectivity index is 2.08. The number of ether oxygens (including phenoxy) is 2. The molecule has 0 aliphatic carbocycles. The van der Waals surface area contributed by atoms with Gasteiger partial charge in [0, 0.05) is 17.4 Å². The highest BCUT2D eigenvalue weighted by molar-refractivity contribution is 5.89. The number of benzene rings is 2. The Morgan fingerprint density at radius 2 is 2.11 bits per heavy atom. The molecule has 2 aromatic carbocycles. The van der Waals surface area contributed by atoms with Crippen LogP contribution in [0.3, 0.4) is 0 Å². The third-order valence-corrected chi connectivity index (χ3v) is 3.53. The molecule has 100 valence electrons. The van der Waals surface area contributed by atoms with Crippen molar-refractivity contribution < 1.29 is 14.6 Å². The highest BCUT2D eigenvalue weighted by Crippen LogP contribution is 2.35. The number of aliphatic hydroxyl groups excluding tert-OH is 1. The van der Waals surface area contributed by atoms with Crippen molar-refractivity contribution >= 4 is 10.8 Å². The van der Waals surface area contributed by atoms with Crippen molar-refractivity contribution in [1.29, 1.82) is 0 Å². The maximum absolute atomic E-state index is 9.93. The summed E-state index contributed by atoms with van der Waals surface area (Å²) in [5.74, 6) is 0.795. The van der Waals surface area contributed by atoms with Crippen LogP contribution < -0.4 is 4.74 Å². The Morgan fingerprint density at radius 1 is 1.26 bits per heavy atom. The maximum atomic E-state index is 9.93. The minimum Gasteiger partial charge on any atom is -0.487 e. The van der Waals surface area contributed by atoms with Gasteiger partial charge in [-0.05, 0) is 12.3 Å². The lowest BCUT2D eigenvalue weighted by atomic mass is 10.0. The molecule has 1 fully saturated rings. The van der Waals surface area contributed by atoms with E-state index >= 15 is 0 Å². The molecule has 3 nitrogen and oxygen atoms in total. The smallest absolute Gasteiger partial charge is 0.133 e.